The molecule has 2 rings (SSSR count). The third kappa shape index (κ3) is 3.81. The number of amides is 2. The fraction of sp³-hybridized carbons (Fsp3) is 0.357. The van der Waals surface area contributed by atoms with Crippen LogP contribution in [0, 0.1) is 0 Å². The van der Waals surface area contributed by atoms with E-state index in [0.717, 1.165) is 12.8 Å². The molecule has 0 spiro atoms. The Morgan fingerprint density at radius 3 is 2.90 bits per heavy atom. The number of aromatic nitrogens is 3. The van der Waals surface area contributed by atoms with E-state index in [9.17, 15) is 4.79 Å². The number of anilines is 1. The fourth-order valence-electron chi connectivity index (χ4n) is 1.90. The van der Waals surface area contributed by atoms with E-state index in [1.54, 1.807) is 29.2 Å². The zero-order valence-corrected chi connectivity index (χ0v) is 11.7. The quantitative estimate of drug-likeness (QED) is 0.879. The van der Waals surface area contributed by atoms with Crippen molar-refractivity contribution in [3.05, 3.63) is 36.8 Å². The van der Waals surface area contributed by atoms with Gasteiger partial charge in [0, 0.05) is 18.4 Å². The number of carbonyl (C=O) groups excluding carboxylic acids is 1. The second-order valence-electron chi connectivity index (χ2n) is 4.64. The minimum Gasteiger partial charge on any atom is -0.335 e. The number of rotatable bonds is 5. The summed E-state index contributed by atoms with van der Waals surface area (Å²) < 4.78 is 1.66. The highest BCUT2D eigenvalue weighted by atomic mass is 16.2. The minimum atomic E-state index is -0.209. The molecule has 0 bridgehead atoms. The maximum Gasteiger partial charge on any atom is 0.319 e. The molecule has 6 heteroatoms. The monoisotopic (exact) mass is 273 g/mol. The van der Waals surface area contributed by atoms with Crippen LogP contribution in [-0.2, 0) is 0 Å². The van der Waals surface area contributed by atoms with E-state index in [2.05, 4.69) is 27.6 Å². The predicted molar refractivity (Wildman–Crippen MR) is 77.9 cm³/mol. The number of nitrogens with zero attached hydrogens (tertiary/aromatic N) is 3. The lowest BCUT2D eigenvalue weighted by Crippen LogP contribution is -2.35. The molecule has 106 valence electrons. The summed E-state index contributed by atoms with van der Waals surface area (Å²) in [5.41, 5.74) is 0.655. The van der Waals surface area contributed by atoms with Gasteiger partial charge in [0.15, 0.2) is 5.82 Å². The standard InChI is InChI=1S/C14H19N5O/c1-3-5-11(2)17-14(20)18-12-6-7-13(15-10-12)19-9-4-8-16-19/h4,6-11H,3,5H2,1-2H3,(H2,17,18,20)/t11-/m0/s1. The van der Waals surface area contributed by atoms with Crippen molar-refractivity contribution in [2.24, 2.45) is 0 Å². The molecule has 1 atom stereocenters. The van der Waals surface area contributed by atoms with E-state index in [1.165, 1.54) is 0 Å². The number of urea groups is 1. The van der Waals surface area contributed by atoms with Crippen LogP contribution in [0.3, 0.4) is 0 Å². The lowest BCUT2D eigenvalue weighted by molar-refractivity contribution is 0.248. The highest BCUT2D eigenvalue weighted by Crippen LogP contribution is 2.09. The van der Waals surface area contributed by atoms with Crippen LogP contribution in [0.25, 0.3) is 5.82 Å². The summed E-state index contributed by atoms with van der Waals surface area (Å²) in [6, 6.07) is 5.39. The summed E-state index contributed by atoms with van der Waals surface area (Å²) in [5.74, 6) is 0.709. The van der Waals surface area contributed by atoms with Gasteiger partial charge in [-0.25, -0.2) is 14.5 Å². The number of nitrogens with one attached hydrogen (secondary N) is 2. The van der Waals surface area contributed by atoms with Crippen LogP contribution in [-0.4, -0.2) is 26.8 Å². The van der Waals surface area contributed by atoms with Gasteiger partial charge in [0.2, 0.25) is 0 Å². The number of pyridine rings is 1. The van der Waals surface area contributed by atoms with E-state index in [0.29, 0.717) is 11.5 Å². The minimum absolute atomic E-state index is 0.163. The first-order valence-corrected chi connectivity index (χ1v) is 6.72. The molecule has 0 saturated carbocycles. The smallest absolute Gasteiger partial charge is 0.319 e. The van der Waals surface area contributed by atoms with Crippen molar-refractivity contribution in [2.45, 2.75) is 32.7 Å². The van der Waals surface area contributed by atoms with Crippen molar-refractivity contribution in [2.75, 3.05) is 5.32 Å². The van der Waals surface area contributed by atoms with Crippen LogP contribution in [0.1, 0.15) is 26.7 Å². The summed E-state index contributed by atoms with van der Waals surface area (Å²) in [5, 5.41) is 9.73. The molecular formula is C14H19N5O. The van der Waals surface area contributed by atoms with Gasteiger partial charge >= 0.3 is 6.03 Å². The van der Waals surface area contributed by atoms with E-state index >= 15 is 0 Å². The van der Waals surface area contributed by atoms with Crippen molar-refractivity contribution in [1.82, 2.24) is 20.1 Å². The third-order valence-corrected chi connectivity index (χ3v) is 2.84. The summed E-state index contributed by atoms with van der Waals surface area (Å²) in [6.45, 7) is 4.08. The van der Waals surface area contributed by atoms with Crippen LogP contribution in [0.5, 0.6) is 0 Å². The van der Waals surface area contributed by atoms with E-state index in [4.69, 9.17) is 0 Å². The van der Waals surface area contributed by atoms with Crippen LogP contribution in [0.4, 0.5) is 10.5 Å². The number of hydrogen-bond donors (Lipinski definition) is 2. The van der Waals surface area contributed by atoms with Gasteiger partial charge < -0.3 is 10.6 Å². The Labute approximate surface area is 118 Å². The zero-order chi connectivity index (χ0) is 14.4. The largest absolute Gasteiger partial charge is 0.335 e. The topological polar surface area (TPSA) is 71.8 Å². The Morgan fingerprint density at radius 1 is 1.45 bits per heavy atom. The Morgan fingerprint density at radius 2 is 2.30 bits per heavy atom. The van der Waals surface area contributed by atoms with Crippen molar-refractivity contribution in [3.8, 4) is 5.82 Å². The van der Waals surface area contributed by atoms with Crippen molar-refractivity contribution in [1.29, 1.82) is 0 Å². The zero-order valence-electron chi connectivity index (χ0n) is 11.7. The number of carbonyl (C=O) groups is 1. The molecule has 2 amide bonds. The Bertz CT molecular complexity index is 535. The predicted octanol–water partition coefficient (Wildman–Crippen LogP) is 2.58. The first-order chi connectivity index (χ1) is 9.69. The molecule has 6 nitrogen and oxygen atoms in total. The van der Waals surface area contributed by atoms with E-state index in [-0.39, 0.29) is 12.1 Å². The van der Waals surface area contributed by atoms with Crippen LogP contribution >= 0.6 is 0 Å². The molecule has 0 aliphatic rings. The number of hydrogen-bond acceptors (Lipinski definition) is 3. The Hall–Kier alpha value is -2.37. The maximum absolute atomic E-state index is 11.7. The molecule has 0 aromatic carbocycles. The maximum atomic E-state index is 11.7. The van der Waals surface area contributed by atoms with Crippen LogP contribution < -0.4 is 10.6 Å². The summed E-state index contributed by atoms with van der Waals surface area (Å²) in [4.78, 5) is 16.0. The molecule has 20 heavy (non-hydrogen) atoms. The highest BCUT2D eigenvalue weighted by Gasteiger charge is 2.06. The van der Waals surface area contributed by atoms with Gasteiger partial charge in [0.1, 0.15) is 0 Å². The molecule has 0 fully saturated rings. The summed E-state index contributed by atoms with van der Waals surface area (Å²) in [7, 11) is 0. The van der Waals surface area contributed by atoms with Crippen molar-refractivity contribution in [3.63, 3.8) is 0 Å². The highest BCUT2D eigenvalue weighted by molar-refractivity contribution is 5.89. The van der Waals surface area contributed by atoms with Gasteiger partial charge in [-0.2, -0.15) is 5.10 Å². The van der Waals surface area contributed by atoms with Gasteiger partial charge in [0.25, 0.3) is 0 Å². The second-order valence-corrected chi connectivity index (χ2v) is 4.64. The second kappa shape index (κ2) is 6.70. The van der Waals surface area contributed by atoms with Gasteiger partial charge in [-0.3, -0.25) is 0 Å². The molecule has 2 N–H and O–H groups in total. The van der Waals surface area contributed by atoms with Gasteiger partial charge in [-0.1, -0.05) is 13.3 Å². The SMILES string of the molecule is CCC[C@H](C)NC(=O)Nc1ccc(-n2cccn2)nc1. The lowest BCUT2D eigenvalue weighted by Gasteiger charge is -2.13. The Kier molecular flexibility index (Phi) is 4.70. The first-order valence-electron chi connectivity index (χ1n) is 6.72. The fourth-order valence-corrected chi connectivity index (χ4v) is 1.90. The molecule has 2 heterocycles. The van der Waals surface area contributed by atoms with Gasteiger partial charge in [-0.05, 0) is 31.5 Å². The van der Waals surface area contributed by atoms with Crippen molar-refractivity contribution >= 4 is 11.7 Å². The van der Waals surface area contributed by atoms with Crippen molar-refractivity contribution < 1.29 is 4.79 Å². The molecule has 2 aromatic rings. The summed E-state index contributed by atoms with van der Waals surface area (Å²) in [6.07, 6.45) is 7.12. The summed E-state index contributed by atoms with van der Waals surface area (Å²) >= 11 is 0. The third-order valence-electron chi connectivity index (χ3n) is 2.84. The molecule has 0 aliphatic carbocycles. The normalized spacial score (nSPS) is 11.9. The molecule has 0 aliphatic heterocycles. The van der Waals surface area contributed by atoms with Gasteiger partial charge in [-0.15, -0.1) is 0 Å². The molecule has 0 radical (unpaired) electrons. The molecule has 0 unspecified atom stereocenters. The molecule has 2 aromatic heterocycles. The first kappa shape index (κ1) is 14.0. The Balaban J connectivity index is 1.92. The van der Waals surface area contributed by atoms with Gasteiger partial charge in [0.05, 0.1) is 11.9 Å². The van der Waals surface area contributed by atoms with Crippen LogP contribution in [0.15, 0.2) is 36.8 Å². The van der Waals surface area contributed by atoms with E-state index in [1.807, 2.05) is 19.2 Å². The van der Waals surface area contributed by atoms with E-state index < -0.39 is 0 Å². The average Bonchev–Trinajstić information content (AvgIpc) is 2.93. The van der Waals surface area contributed by atoms with Crippen LogP contribution in [0.2, 0.25) is 0 Å². The average molecular weight is 273 g/mol. The molecule has 0 saturated heterocycles. The molecular weight excluding hydrogens is 254 g/mol. The lowest BCUT2D eigenvalue weighted by atomic mass is 10.2.